The minimum absolute atomic E-state index is 0.217. The number of hydrogen-bond donors (Lipinski definition) is 2. The van der Waals surface area contributed by atoms with E-state index in [-0.39, 0.29) is 12.4 Å². The maximum absolute atomic E-state index is 13.5. The number of ether oxygens (including phenoxy) is 1. The second-order valence-corrected chi connectivity index (χ2v) is 8.29. The summed E-state index contributed by atoms with van der Waals surface area (Å²) in [6.45, 7) is 7.72. The Morgan fingerprint density at radius 1 is 1.06 bits per heavy atom. The van der Waals surface area contributed by atoms with E-state index < -0.39 is 18.0 Å². The van der Waals surface area contributed by atoms with Crippen LogP contribution in [0, 0.1) is 12.7 Å². The zero-order valence-corrected chi connectivity index (χ0v) is 18.9. The van der Waals surface area contributed by atoms with E-state index in [1.807, 2.05) is 0 Å². The molecule has 2 aromatic rings. The molecule has 2 aromatic carbocycles. The van der Waals surface area contributed by atoms with E-state index in [2.05, 4.69) is 51.6 Å². The fraction of sp³-hybridized carbons (Fsp3) is 0.360. The van der Waals surface area contributed by atoms with Crippen LogP contribution in [0.3, 0.4) is 0 Å². The molecule has 2 aliphatic heterocycles. The Kier molecular flexibility index (Phi) is 6.93. The molecular weight excluding hydrogens is 423 g/mol. The van der Waals surface area contributed by atoms with Gasteiger partial charge in [-0.2, -0.15) is 0 Å². The molecule has 174 valence electrons. The van der Waals surface area contributed by atoms with Crippen LogP contribution in [0.4, 0.5) is 14.9 Å². The average molecular weight is 453 g/mol. The summed E-state index contributed by atoms with van der Waals surface area (Å²) in [6.07, 6.45) is 0. The lowest BCUT2D eigenvalue weighted by atomic mass is 9.95. The first-order valence-corrected chi connectivity index (χ1v) is 11.2. The number of carbonyl (C=O) groups is 2. The highest BCUT2D eigenvalue weighted by Crippen LogP contribution is 2.29. The summed E-state index contributed by atoms with van der Waals surface area (Å²) in [5.74, 6) is -0.875. The zero-order chi connectivity index (χ0) is 23.4. The van der Waals surface area contributed by atoms with Gasteiger partial charge in [-0.25, -0.2) is 14.0 Å². The van der Waals surface area contributed by atoms with E-state index in [1.165, 1.54) is 23.4 Å². The van der Waals surface area contributed by atoms with E-state index in [9.17, 15) is 14.0 Å². The molecule has 0 unspecified atom stereocenters. The van der Waals surface area contributed by atoms with Crippen molar-refractivity contribution >= 4 is 17.7 Å². The van der Waals surface area contributed by atoms with E-state index >= 15 is 0 Å². The predicted octanol–water partition coefficient (Wildman–Crippen LogP) is 3.13. The van der Waals surface area contributed by atoms with Gasteiger partial charge in [-0.05, 0) is 43.7 Å². The Morgan fingerprint density at radius 2 is 1.73 bits per heavy atom. The van der Waals surface area contributed by atoms with Gasteiger partial charge in [-0.1, -0.05) is 29.8 Å². The maximum Gasteiger partial charge on any atom is 0.338 e. The van der Waals surface area contributed by atoms with Crippen LogP contribution in [-0.2, 0) is 9.53 Å². The van der Waals surface area contributed by atoms with Crippen LogP contribution in [0.2, 0.25) is 0 Å². The molecule has 0 bridgehead atoms. The Labute approximate surface area is 193 Å². The van der Waals surface area contributed by atoms with Crippen LogP contribution in [0.25, 0.3) is 0 Å². The van der Waals surface area contributed by atoms with Crippen molar-refractivity contribution in [1.82, 2.24) is 15.5 Å². The molecule has 1 saturated heterocycles. The number of anilines is 1. The molecule has 1 fully saturated rings. The minimum Gasteiger partial charge on any atom is -0.463 e. The topological polar surface area (TPSA) is 73.9 Å². The fourth-order valence-electron chi connectivity index (χ4n) is 4.24. The Bertz CT molecular complexity index is 1030. The molecule has 1 atom stereocenters. The third-order valence-corrected chi connectivity index (χ3v) is 6.01. The predicted molar refractivity (Wildman–Crippen MR) is 124 cm³/mol. The van der Waals surface area contributed by atoms with Crippen molar-refractivity contribution in [3.63, 3.8) is 0 Å². The molecule has 0 spiro atoms. The third kappa shape index (κ3) is 5.34. The molecule has 2 aliphatic rings. The fourth-order valence-corrected chi connectivity index (χ4v) is 4.24. The average Bonchev–Trinajstić information content (AvgIpc) is 2.80. The molecule has 33 heavy (non-hydrogen) atoms. The standard InChI is InChI=1S/C25H29FN4O3/c1-3-33-24(31)22-21(27-25(32)28-23(22)18-6-8-19(26)9-7-18)16-29-12-14-30(15-13-29)20-10-4-17(2)5-11-20/h4-11,23H,3,12-16H2,1-2H3,(H2,27,28,32)/t23-/m0/s1. The van der Waals surface area contributed by atoms with Crippen LogP contribution in [0.15, 0.2) is 59.8 Å². The molecule has 0 radical (unpaired) electrons. The van der Waals surface area contributed by atoms with Gasteiger partial charge in [-0.3, -0.25) is 4.90 Å². The molecule has 2 heterocycles. The lowest BCUT2D eigenvalue weighted by Gasteiger charge is -2.38. The summed E-state index contributed by atoms with van der Waals surface area (Å²) in [4.78, 5) is 29.9. The van der Waals surface area contributed by atoms with E-state index in [0.717, 1.165) is 26.2 Å². The lowest BCUT2D eigenvalue weighted by molar-refractivity contribution is -0.139. The van der Waals surface area contributed by atoms with Crippen LogP contribution < -0.4 is 15.5 Å². The van der Waals surface area contributed by atoms with E-state index in [0.29, 0.717) is 23.4 Å². The van der Waals surface area contributed by atoms with Crippen molar-refractivity contribution in [2.24, 2.45) is 0 Å². The number of aryl methyl sites for hydroxylation is 1. The highest BCUT2D eigenvalue weighted by molar-refractivity contribution is 5.95. The second kappa shape index (κ2) is 10.0. The van der Waals surface area contributed by atoms with Crippen LogP contribution in [0.5, 0.6) is 0 Å². The zero-order valence-electron chi connectivity index (χ0n) is 18.9. The maximum atomic E-state index is 13.5. The summed E-state index contributed by atoms with van der Waals surface area (Å²) in [7, 11) is 0. The Balaban J connectivity index is 1.54. The van der Waals surface area contributed by atoms with Crippen LogP contribution in [0.1, 0.15) is 24.1 Å². The summed E-state index contributed by atoms with van der Waals surface area (Å²) in [5, 5.41) is 5.60. The Morgan fingerprint density at radius 3 is 2.36 bits per heavy atom. The molecular formula is C25H29FN4O3. The number of rotatable bonds is 6. The van der Waals surface area contributed by atoms with Crippen LogP contribution >= 0.6 is 0 Å². The smallest absolute Gasteiger partial charge is 0.338 e. The summed E-state index contributed by atoms with van der Waals surface area (Å²) < 4.78 is 18.8. The van der Waals surface area contributed by atoms with Gasteiger partial charge in [0.2, 0.25) is 0 Å². The van der Waals surface area contributed by atoms with Crippen molar-refractivity contribution in [3.05, 3.63) is 76.7 Å². The van der Waals surface area contributed by atoms with Crippen molar-refractivity contribution < 1.29 is 18.7 Å². The number of carbonyl (C=O) groups excluding carboxylic acids is 2. The summed E-state index contributed by atoms with van der Waals surface area (Å²) >= 11 is 0. The number of urea groups is 1. The first kappa shape index (κ1) is 22.8. The number of halogens is 1. The largest absolute Gasteiger partial charge is 0.463 e. The molecule has 2 amide bonds. The van der Waals surface area contributed by atoms with Crippen molar-refractivity contribution in [1.29, 1.82) is 0 Å². The summed E-state index contributed by atoms with van der Waals surface area (Å²) in [5.41, 5.74) is 3.92. The second-order valence-electron chi connectivity index (χ2n) is 8.29. The minimum atomic E-state index is -0.706. The first-order chi connectivity index (χ1) is 15.9. The SMILES string of the molecule is CCOC(=O)C1=C(CN2CCN(c3ccc(C)cc3)CC2)NC(=O)N[C@H]1c1ccc(F)cc1. The number of piperazine rings is 1. The highest BCUT2D eigenvalue weighted by Gasteiger charge is 2.34. The lowest BCUT2D eigenvalue weighted by Crippen LogP contribution is -2.51. The number of hydrogen-bond acceptors (Lipinski definition) is 5. The van der Waals surface area contributed by atoms with Crippen molar-refractivity contribution in [3.8, 4) is 0 Å². The normalized spacial score (nSPS) is 19.2. The molecule has 4 rings (SSSR count). The Hall–Kier alpha value is -3.39. The van der Waals surface area contributed by atoms with Crippen molar-refractivity contribution in [2.75, 3.05) is 44.2 Å². The van der Waals surface area contributed by atoms with E-state index in [1.54, 1.807) is 19.1 Å². The first-order valence-electron chi connectivity index (χ1n) is 11.2. The molecule has 0 saturated carbocycles. The molecule has 2 N–H and O–H groups in total. The number of amides is 2. The van der Waals surface area contributed by atoms with Gasteiger partial charge in [0, 0.05) is 44.1 Å². The molecule has 7 nitrogen and oxygen atoms in total. The quantitative estimate of drug-likeness (QED) is 0.659. The highest BCUT2D eigenvalue weighted by atomic mass is 19.1. The number of benzene rings is 2. The van der Waals surface area contributed by atoms with Crippen LogP contribution in [-0.4, -0.2) is 56.2 Å². The van der Waals surface area contributed by atoms with Gasteiger partial charge in [-0.15, -0.1) is 0 Å². The monoisotopic (exact) mass is 452 g/mol. The van der Waals surface area contributed by atoms with Gasteiger partial charge in [0.25, 0.3) is 0 Å². The molecule has 0 aromatic heterocycles. The summed E-state index contributed by atoms with van der Waals surface area (Å²) in [6, 6.07) is 13.2. The van der Waals surface area contributed by atoms with Crippen molar-refractivity contribution in [2.45, 2.75) is 19.9 Å². The van der Waals surface area contributed by atoms with E-state index in [4.69, 9.17) is 4.74 Å². The molecule has 8 heteroatoms. The van der Waals surface area contributed by atoms with Gasteiger partial charge < -0.3 is 20.3 Å². The third-order valence-electron chi connectivity index (χ3n) is 6.01. The number of nitrogens with zero attached hydrogens (tertiary/aromatic N) is 2. The van der Waals surface area contributed by atoms with Gasteiger partial charge in [0.05, 0.1) is 18.2 Å². The number of esters is 1. The van der Waals surface area contributed by atoms with Gasteiger partial charge >= 0.3 is 12.0 Å². The molecule has 0 aliphatic carbocycles. The number of nitrogens with one attached hydrogen (secondary N) is 2. The van der Waals surface area contributed by atoms with Gasteiger partial charge in [0.15, 0.2) is 0 Å². The van der Waals surface area contributed by atoms with Gasteiger partial charge in [0.1, 0.15) is 5.82 Å².